The van der Waals surface area contributed by atoms with E-state index in [9.17, 15) is 5.11 Å². The van der Waals surface area contributed by atoms with Crippen molar-refractivity contribution in [1.29, 1.82) is 0 Å². The standard InChI is InChI=1S/C18H19NO/c1-12-11-13-5-2-3-7-16(13)19(12)17-10-9-15-14(17)6-4-8-18(15)20/h2-8,12,17,20H,9-11H2,1H3. The van der Waals surface area contributed by atoms with Crippen LogP contribution < -0.4 is 4.90 Å². The third kappa shape index (κ3) is 1.57. The zero-order valence-corrected chi connectivity index (χ0v) is 11.7. The largest absolute Gasteiger partial charge is 0.508 e. The first-order valence-electron chi connectivity index (χ1n) is 7.42. The van der Waals surface area contributed by atoms with Crippen molar-refractivity contribution >= 4 is 5.69 Å². The third-order valence-corrected chi connectivity index (χ3v) is 4.81. The number of fused-ring (bicyclic) bond motifs is 2. The molecular formula is C18H19NO. The molecule has 1 aliphatic heterocycles. The van der Waals surface area contributed by atoms with Gasteiger partial charge in [0.2, 0.25) is 0 Å². The molecule has 2 heteroatoms. The van der Waals surface area contributed by atoms with Crippen LogP contribution in [0, 0.1) is 0 Å². The second-order valence-electron chi connectivity index (χ2n) is 5.99. The van der Waals surface area contributed by atoms with E-state index in [1.807, 2.05) is 12.1 Å². The molecule has 0 fully saturated rings. The molecule has 0 saturated heterocycles. The van der Waals surface area contributed by atoms with Crippen LogP contribution in [-0.4, -0.2) is 11.1 Å². The van der Waals surface area contributed by atoms with Crippen LogP contribution in [0.3, 0.4) is 0 Å². The van der Waals surface area contributed by atoms with Crippen LogP contribution in [0.25, 0.3) is 0 Å². The van der Waals surface area contributed by atoms with E-state index in [0.717, 1.165) is 24.8 Å². The summed E-state index contributed by atoms with van der Waals surface area (Å²) >= 11 is 0. The van der Waals surface area contributed by atoms with Crippen molar-refractivity contribution < 1.29 is 5.11 Å². The highest BCUT2D eigenvalue weighted by molar-refractivity contribution is 5.62. The van der Waals surface area contributed by atoms with E-state index < -0.39 is 0 Å². The third-order valence-electron chi connectivity index (χ3n) is 4.81. The molecule has 2 aromatic rings. The topological polar surface area (TPSA) is 23.5 Å². The molecule has 1 N–H and O–H groups in total. The van der Waals surface area contributed by atoms with Crippen molar-refractivity contribution in [1.82, 2.24) is 0 Å². The number of phenols is 1. The fourth-order valence-corrected chi connectivity index (χ4v) is 3.97. The quantitative estimate of drug-likeness (QED) is 0.847. The summed E-state index contributed by atoms with van der Waals surface area (Å²) in [5, 5.41) is 10.0. The highest BCUT2D eigenvalue weighted by Crippen LogP contribution is 2.46. The summed E-state index contributed by atoms with van der Waals surface area (Å²) < 4.78 is 0. The molecule has 0 saturated carbocycles. The van der Waals surface area contributed by atoms with Crippen molar-refractivity contribution in [2.75, 3.05) is 4.90 Å². The van der Waals surface area contributed by atoms with Gasteiger partial charge in [0.15, 0.2) is 0 Å². The number of phenolic OH excluding ortho intramolecular Hbond substituents is 1. The molecule has 2 aliphatic rings. The van der Waals surface area contributed by atoms with Gasteiger partial charge in [-0.2, -0.15) is 0 Å². The van der Waals surface area contributed by atoms with Crippen LogP contribution in [0.15, 0.2) is 42.5 Å². The van der Waals surface area contributed by atoms with Gasteiger partial charge in [-0.05, 0) is 55.0 Å². The Balaban J connectivity index is 1.79. The highest BCUT2D eigenvalue weighted by atomic mass is 16.3. The van der Waals surface area contributed by atoms with Crippen molar-refractivity contribution in [3.63, 3.8) is 0 Å². The first-order chi connectivity index (χ1) is 9.75. The van der Waals surface area contributed by atoms with Gasteiger partial charge in [0.25, 0.3) is 0 Å². The lowest BCUT2D eigenvalue weighted by molar-refractivity contribution is 0.469. The molecule has 2 unspecified atom stereocenters. The maximum Gasteiger partial charge on any atom is 0.119 e. The number of anilines is 1. The Morgan fingerprint density at radius 2 is 1.95 bits per heavy atom. The number of benzene rings is 2. The smallest absolute Gasteiger partial charge is 0.119 e. The average molecular weight is 265 g/mol. The van der Waals surface area contributed by atoms with Crippen molar-refractivity contribution in [2.45, 2.75) is 38.3 Å². The van der Waals surface area contributed by atoms with Crippen LogP contribution in [-0.2, 0) is 12.8 Å². The van der Waals surface area contributed by atoms with Gasteiger partial charge in [-0.25, -0.2) is 0 Å². The summed E-state index contributed by atoms with van der Waals surface area (Å²) in [4.78, 5) is 2.56. The SMILES string of the molecule is CC1Cc2ccccc2N1C1CCc2c(O)cccc21. The fraction of sp³-hybridized carbons (Fsp3) is 0.333. The van der Waals surface area contributed by atoms with Crippen LogP contribution in [0.2, 0.25) is 0 Å². The van der Waals surface area contributed by atoms with E-state index in [-0.39, 0.29) is 0 Å². The monoisotopic (exact) mass is 265 g/mol. The Labute approximate surface area is 119 Å². The Kier molecular flexibility index (Phi) is 2.53. The van der Waals surface area contributed by atoms with Crippen molar-refractivity contribution in [3.8, 4) is 5.75 Å². The van der Waals surface area contributed by atoms with Gasteiger partial charge < -0.3 is 10.0 Å². The molecule has 0 amide bonds. The van der Waals surface area contributed by atoms with Gasteiger partial charge in [-0.3, -0.25) is 0 Å². The predicted octanol–water partition coefficient (Wildman–Crippen LogP) is 3.83. The van der Waals surface area contributed by atoms with Gasteiger partial charge in [0.05, 0.1) is 6.04 Å². The number of hydrogen-bond donors (Lipinski definition) is 1. The zero-order chi connectivity index (χ0) is 13.7. The van der Waals surface area contributed by atoms with E-state index in [0.29, 0.717) is 17.8 Å². The van der Waals surface area contributed by atoms with Gasteiger partial charge in [0, 0.05) is 11.7 Å². The van der Waals surface area contributed by atoms with Crippen molar-refractivity contribution in [3.05, 3.63) is 59.2 Å². The van der Waals surface area contributed by atoms with Crippen LogP contribution in [0.4, 0.5) is 5.69 Å². The number of hydrogen-bond acceptors (Lipinski definition) is 2. The summed E-state index contributed by atoms with van der Waals surface area (Å²) in [5.74, 6) is 0.463. The van der Waals surface area contributed by atoms with Gasteiger partial charge >= 0.3 is 0 Å². The van der Waals surface area contributed by atoms with E-state index in [1.165, 1.54) is 16.8 Å². The molecule has 1 aliphatic carbocycles. The number of para-hydroxylation sites is 1. The van der Waals surface area contributed by atoms with E-state index in [1.54, 1.807) is 0 Å². The van der Waals surface area contributed by atoms with Crippen LogP contribution >= 0.6 is 0 Å². The maximum absolute atomic E-state index is 10.0. The van der Waals surface area contributed by atoms with Crippen LogP contribution in [0.5, 0.6) is 5.75 Å². The molecule has 0 spiro atoms. The molecule has 2 nitrogen and oxygen atoms in total. The average Bonchev–Trinajstić information content (AvgIpc) is 2.99. The Morgan fingerprint density at radius 1 is 1.10 bits per heavy atom. The lowest BCUT2D eigenvalue weighted by Crippen LogP contribution is -2.32. The van der Waals surface area contributed by atoms with E-state index >= 15 is 0 Å². The second-order valence-corrected chi connectivity index (χ2v) is 5.99. The fourth-order valence-electron chi connectivity index (χ4n) is 3.97. The van der Waals surface area contributed by atoms with Gasteiger partial charge in [0.1, 0.15) is 5.75 Å². The van der Waals surface area contributed by atoms with E-state index in [4.69, 9.17) is 0 Å². The Bertz CT molecular complexity index is 664. The number of rotatable bonds is 1. The number of aromatic hydroxyl groups is 1. The minimum absolute atomic E-state index is 0.413. The molecular weight excluding hydrogens is 246 g/mol. The van der Waals surface area contributed by atoms with Gasteiger partial charge in [-0.15, -0.1) is 0 Å². The first-order valence-corrected chi connectivity index (χ1v) is 7.42. The second kappa shape index (κ2) is 4.27. The molecule has 0 bridgehead atoms. The lowest BCUT2D eigenvalue weighted by atomic mass is 10.1. The highest BCUT2D eigenvalue weighted by Gasteiger charge is 2.36. The minimum Gasteiger partial charge on any atom is -0.508 e. The molecule has 102 valence electrons. The normalized spacial score (nSPS) is 23.8. The minimum atomic E-state index is 0.413. The molecule has 2 atom stereocenters. The summed E-state index contributed by atoms with van der Waals surface area (Å²) in [6, 6.07) is 15.6. The lowest BCUT2D eigenvalue weighted by Gasteiger charge is -2.32. The summed E-state index contributed by atoms with van der Waals surface area (Å²) in [6.07, 6.45) is 3.21. The summed E-state index contributed by atoms with van der Waals surface area (Å²) in [6.45, 7) is 2.31. The zero-order valence-electron chi connectivity index (χ0n) is 11.7. The number of nitrogens with zero attached hydrogens (tertiary/aromatic N) is 1. The molecule has 1 heterocycles. The molecule has 2 aromatic carbocycles. The molecule has 20 heavy (non-hydrogen) atoms. The molecule has 4 rings (SSSR count). The van der Waals surface area contributed by atoms with E-state index in [2.05, 4.69) is 42.2 Å². The maximum atomic E-state index is 10.0. The Hall–Kier alpha value is -1.96. The summed E-state index contributed by atoms with van der Waals surface area (Å²) in [5.41, 5.74) is 5.29. The molecule has 0 aromatic heterocycles. The molecule has 0 radical (unpaired) electrons. The summed E-state index contributed by atoms with van der Waals surface area (Å²) in [7, 11) is 0. The predicted molar refractivity (Wildman–Crippen MR) is 81.3 cm³/mol. The Morgan fingerprint density at radius 3 is 2.85 bits per heavy atom. The van der Waals surface area contributed by atoms with Gasteiger partial charge in [-0.1, -0.05) is 30.3 Å². The van der Waals surface area contributed by atoms with Crippen molar-refractivity contribution in [2.24, 2.45) is 0 Å². The van der Waals surface area contributed by atoms with Crippen LogP contribution in [0.1, 0.15) is 36.1 Å². The first kappa shape index (κ1) is 11.8.